The summed E-state index contributed by atoms with van der Waals surface area (Å²) in [7, 11) is 0.819. The summed E-state index contributed by atoms with van der Waals surface area (Å²) in [5.74, 6) is -11.9. The van der Waals surface area contributed by atoms with Crippen molar-refractivity contribution in [1.82, 2.24) is 19.9 Å². The van der Waals surface area contributed by atoms with Crippen LogP contribution in [0.5, 0.6) is 0 Å². The molecule has 0 bridgehead atoms. The van der Waals surface area contributed by atoms with Crippen molar-refractivity contribution in [2.24, 2.45) is 0 Å². The molecule has 0 radical (unpaired) electrons. The Morgan fingerprint density at radius 3 is 1.63 bits per heavy atom. The van der Waals surface area contributed by atoms with Crippen molar-refractivity contribution in [3.63, 3.8) is 0 Å². The average Bonchev–Trinajstić information content (AvgIpc) is 3.43. The Balaban J connectivity index is 2.24. The second kappa shape index (κ2) is 14.6. The molecule has 1 saturated heterocycles. The van der Waals surface area contributed by atoms with Gasteiger partial charge in [0.25, 0.3) is 0 Å². The second-order valence-corrected chi connectivity index (χ2v) is 12.2. The van der Waals surface area contributed by atoms with E-state index >= 15 is 4.79 Å². The minimum absolute atomic E-state index is 0.576. The summed E-state index contributed by atoms with van der Waals surface area (Å²) >= 11 is 0. The van der Waals surface area contributed by atoms with Crippen LogP contribution in [0.15, 0.2) is 73.8 Å². The maximum Gasteiger partial charge on any atom is 0.320 e. The van der Waals surface area contributed by atoms with E-state index in [0.29, 0.717) is 6.20 Å². The molecule has 4 aromatic heterocycles. The summed E-state index contributed by atoms with van der Waals surface area (Å²) in [6.07, 6.45) is -0.732. The normalized spacial score (nSPS) is 23.9. The number of carbonyl (C=O) groups is 5. The Labute approximate surface area is 303 Å². The number of methoxy groups -OCH3 is 1. The zero-order chi connectivity index (χ0) is 39.7. The van der Waals surface area contributed by atoms with Crippen LogP contribution in [0, 0.1) is 0 Å². The monoisotopic (exact) mass is 744 g/mol. The van der Waals surface area contributed by atoms with Crippen molar-refractivity contribution in [3.8, 4) is 0 Å². The summed E-state index contributed by atoms with van der Waals surface area (Å²) in [5.41, 5.74) is -15.2. The van der Waals surface area contributed by atoms with Gasteiger partial charge in [-0.05, 0) is 53.4 Å². The molecule has 19 nitrogen and oxygen atoms in total. The first-order valence-corrected chi connectivity index (χ1v) is 15.6. The number of esters is 1. The average molecular weight is 745 g/mol. The fourth-order valence-electron chi connectivity index (χ4n) is 7.57. The van der Waals surface area contributed by atoms with E-state index < -0.39 is 122 Å². The van der Waals surface area contributed by atoms with Gasteiger partial charge in [0.2, 0.25) is 0 Å². The van der Waals surface area contributed by atoms with Gasteiger partial charge in [-0.1, -0.05) is 0 Å². The number of carboxylic acid groups (broad SMARTS) is 4. The van der Waals surface area contributed by atoms with Crippen molar-refractivity contribution in [3.05, 3.63) is 118 Å². The molecule has 54 heavy (non-hydrogen) atoms. The summed E-state index contributed by atoms with van der Waals surface area (Å²) in [6, 6.07) is 3.82. The molecule has 0 aliphatic carbocycles. The van der Waals surface area contributed by atoms with Gasteiger partial charge < -0.3 is 69.5 Å². The Morgan fingerprint density at radius 2 is 1.15 bits per heavy atom. The van der Waals surface area contributed by atoms with Crippen LogP contribution in [-0.4, -0.2) is 102 Å². The summed E-state index contributed by atoms with van der Waals surface area (Å²) in [4.78, 5) is 81.6. The maximum absolute atomic E-state index is 15.1. The largest absolute Gasteiger partial charge is 0.545 e. The minimum atomic E-state index is -3.18. The SMILES string of the molecule is COC(=O)C1(c2ccncc2C(=O)[O-])C(c2ccncc2C(=O)[O-])C(c2ccncc2C(=O)[O-])(C(O)C(O)C(O)CO)OC1(C)c1ccncc1C(=O)[O-]. The van der Waals surface area contributed by atoms with Crippen LogP contribution in [0.25, 0.3) is 0 Å². The Kier molecular flexibility index (Phi) is 10.6. The number of hydrogen-bond donors (Lipinski definition) is 4. The number of nitrogens with zero attached hydrogens (tertiary/aromatic N) is 4. The van der Waals surface area contributed by atoms with Gasteiger partial charge in [0.15, 0.2) is 0 Å². The number of aromatic nitrogens is 4. The molecule has 7 atom stereocenters. The number of hydrogen-bond acceptors (Lipinski definition) is 19. The lowest BCUT2D eigenvalue weighted by atomic mass is 9.53. The quantitative estimate of drug-likeness (QED) is 0.0930. The van der Waals surface area contributed by atoms with Crippen LogP contribution < -0.4 is 20.4 Å². The van der Waals surface area contributed by atoms with Crippen molar-refractivity contribution >= 4 is 29.8 Å². The van der Waals surface area contributed by atoms with E-state index in [1.54, 1.807) is 0 Å². The highest BCUT2D eigenvalue weighted by atomic mass is 16.6. The van der Waals surface area contributed by atoms with Gasteiger partial charge in [-0.15, -0.1) is 0 Å². The fourth-order valence-corrected chi connectivity index (χ4v) is 7.57. The van der Waals surface area contributed by atoms with Crippen LogP contribution in [0.2, 0.25) is 0 Å². The molecule has 4 aromatic rings. The minimum Gasteiger partial charge on any atom is -0.545 e. The maximum atomic E-state index is 15.1. The van der Waals surface area contributed by atoms with Gasteiger partial charge in [0.1, 0.15) is 34.9 Å². The molecule has 0 aromatic carbocycles. The lowest BCUT2D eigenvalue weighted by molar-refractivity contribution is -0.257. The number of ether oxygens (including phenoxy) is 2. The molecule has 1 fully saturated rings. The second-order valence-electron chi connectivity index (χ2n) is 12.2. The Hall–Kier alpha value is -6.25. The van der Waals surface area contributed by atoms with E-state index in [9.17, 15) is 60.0 Å². The van der Waals surface area contributed by atoms with Crippen LogP contribution in [-0.2, 0) is 30.9 Å². The molecule has 0 saturated carbocycles. The van der Waals surface area contributed by atoms with E-state index in [1.165, 1.54) is 0 Å². The molecule has 1 aliphatic heterocycles. The molecule has 1 aliphatic rings. The van der Waals surface area contributed by atoms with Gasteiger partial charge in [-0.25, -0.2) is 0 Å². The van der Waals surface area contributed by atoms with E-state index in [-0.39, 0.29) is 0 Å². The predicted octanol–water partition coefficient (Wildman–Crippen LogP) is -5.17. The van der Waals surface area contributed by atoms with E-state index in [0.717, 1.165) is 81.7 Å². The predicted molar refractivity (Wildman–Crippen MR) is 166 cm³/mol. The number of pyridine rings is 4. The third-order valence-corrected chi connectivity index (χ3v) is 9.71. The standard InChI is InChI=1S/C35H32N4O15/c1-33(21-4-8-37-12-18(21)29(46)47)34(32(52)53-2,22-5-9-38-13-19(22)30(48)49)26(16-3-7-36-11-17(16)28(44)45)35(54-33,27(43)25(42)24(41)15-40)23-6-10-39-14-20(23)31(50)51/h3-14,24-27,40-43H,15H2,1-2H3,(H,44,45)(H,46,47)(H,48,49)(H,50,51)/p-4. The molecule has 282 valence electrons. The highest BCUT2D eigenvalue weighted by Gasteiger charge is 2.78. The van der Waals surface area contributed by atoms with Gasteiger partial charge in [0.05, 0.1) is 37.6 Å². The van der Waals surface area contributed by atoms with Crippen LogP contribution >= 0.6 is 0 Å². The molecule has 0 spiro atoms. The number of carboxylic acids is 4. The van der Waals surface area contributed by atoms with Crippen molar-refractivity contribution in [1.29, 1.82) is 0 Å². The first kappa shape index (κ1) is 39.0. The fraction of sp³-hybridized carbons (Fsp3) is 0.286. The molecule has 19 heteroatoms. The van der Waals surface area contributed by atoms with Crippen molar-refractivity contribution < 1.29 is 74.3 Å². The number of aliphatic hydroxyl groups excluding tert-OH is 4. The molecule has 7 unspecified atom stereocenters. The highest BCUT2D eigenvalue weighted by molar-refractivity contribution is 5.98. The van der Waals surface area contributed by atoms with Crippen LogP contribution in [0.1, 0.15) is 76.5 Å². The first-order chi connectivity index (χ1) is 25.6. The molecular weight excluding hydrogens is 716 g/mol. The Morgan fingerprint density at radius 1 is 0.722 bits per heavy atom. The number of aliphatic hydroxyl groups is 4. The summed E-state index contributed by atoms with van der Waals surface area (Å²) in [5, 5.41) is 95.9. The third kappa shape index (κ3) is 5.70. The summed E-state index contributed by atoms with van der Waals surface area (Å²) in [6.45, 7) is -0.235. The first-order valence-electron chi connectivity index (χ1n) is 15.6. The molecule has 5 heterocycles. The molecule has 0 amide bonds. The van der Waals surface area contributed by atoms with Crippen molar-refractivity contribution in [2.75, 3.05) is 13.7 Å². The molecular formula is C35H28N4O15-4. The zero-order valence-corrected chi connectivity index (χ0v) is 28.0. The van der Waals surface area contributed by atoms with Crippen LogP contribution in [0.4, 0.5) is 0 Å². The number of aromatic carboxylic acids is 4. The Bertz CT molecular complexity index is 2150. The van der Waals surface area contributed by atoms with Gasteiger partial charge in [-0.3, -0.25) is 24.7 Å². The van der Waals surface area contributed by atoms with Crippen molar-refractivity contribution in [2.45, 2.75) is 47.8 Å². The molecule has 4 N–H and O–H groups in total. The highest BCUT2D eigenvalue weighted by Crippen LogP contribution is 2.70. The summed E-state index contributed by atoms with van der Waals surface area (Å²) < 4.78 is 12.1. The van der Waals surface area contributed by atoms with E-state index in [2.05, 4.69) is 19.9 Å². The zero-order valence-electron chi connectivity index (χ0n) is 28.0. The van der Waals surface area contributed by atoms with Gasteiger partial charge in [0, 0.05) is 77.7 Å². The number of rotatable bonds is 13. The topological polar surface area (TPSA) is 329 Å². The molecule has 5 rings (SSSR count). The number of carbonyl (C=O) groups excluding carboxylic acids is 5. The van der Waals surface area contributed by atoms with Gasteiger partial charge in [-0.2, -0.15) is 0 Å². The lowest BCUT2D eigenvalue weighted by Gasteiger charge is -2.46. The smallest absolute Gasteiger partial charge is 0.320 e. The van der Waals surface area contributed by atoms with Gasteiger partial charge >= 0.3 is 5.97 Å². The van der Waals surface area contributed by atoms with E-state index in [1.807, 2.05) is 0 Å². The van der Waals surface area contributed by atoms with E-state index in [4.69, 9.17) is 9.47 Å². The third-order valence-electron chi connectivity index (χ3n) is 9.71. The lowest BCUT2D eigenvalue weighted by Crippen LogP contribution is -2.58. The van der Waals surface area contributed by atoms with Crippen LogP contribution in [0.3, 0.4) is 0 Å².